The van der Waals surface area contributed by atoms with Crippen molar-refractivity contribution in [2.75, 3.05) is 11.9 Å². The molecule has 1 amide bonds. The van der Waals surface area contributed by atoms with E-state index >= 15 is 0 Å². The van der Waals surface area contributed by atoms with Crippen LogP contribution in [0, 0.1) is 0 Å². The molecule has 130 valence electrons. The molecular weight excluding hydrogens is 329 g/mol. The predicted molar refractivity (Wildman–Crippen MR) is 79.4 cm³/mol. The number of anilines is 1. The molecule has 1 aliphatic heterocycles. The van der Waals surface area contributed by atoms with Crippen LogP contribution in [0.4, 0.5) is 18.9 Å². The molecule has 10 heteroatoms. The number of halogens is 3. The molecule has 1 aromatic carbocycles. The Morgan fingerprint density at radius 2 is 2.04 bits per heavy atom. The molecule has 3 rings (SSSR count). The summed E-state index contributed by atoms with van der Waals surface area (Å²) in [6.45, 7) is 0.923. The molecular formula is C14H15F3N4O3. The maximum atomic E-state index is 12.0. The summed E-state index contributed by atoms with van der Waals surface area (Å²) in [5.41, 5.74) is 1.66. The fourth-order valence-electron chi connectivity index (χ4n) is 2.20. The fraction of sp³-hybridized carbons (Fsp3) is 0.357. The first-order valence-electron chi connectivity index (χ1n) is 7.05. The maximum Gasteiger partial charge on any atom is 0.490 e. The van der Waals surface area contributed by atoms with Gasteiger partial charge in [0, 0.05) is 5.39 Å². The molecule has 1 saturated heterocycles. The molecule has 1 aliphatic rings. The number of aromatic nitrogens is 2. The number of H-pyrrole nitrogens is 1. The number of nitrogens with zero attached hydrogens (tertiary/aromatic N) is 1. The lowest BCUT2D eigenvalue weighted by Gasteiger charge is -2.11. The fourth-order valence-corrected chi connectivity index (χ4v) is 2.20. The Labute approximate surface area is 134 Å². The number of carbonyl (C=O) groups is 2. The molecule has 1 unspecified atom stereocenters. The number of hydrogen-bond donors (Lipinski definition) is 4. The number of benzene rings is 1. The highest BCUT2D eigenvalue weighted by atomic mass is 19.4. The van der Waals surface area contributed by atoms with Gasteiger partial charge in [0.25, 0.3) is 0 Å². The van der Waals surface area contributed by atoms with E-state index in [4.69, 9.17) is 9.90 Å². The number of aromatic amines is 1. The molecule has 4 N–H and O–H groups in total. The summed E-state index contributed by atoms with van der Waals surface area (Å²) in [7, 11) is 0. The van der Waals surface area contributed by atoms with Crippen LogP contribution in [-0.4, -0.2) is 45.9 Å². The van der Waals surface area contributed by atoms with E-state index in [1.54, 1.807) is 6.20 Å². The van der Waals surface area contributed by atoms with Crippen LogP contribution < -0.4 is 10.6 Å². The van der Waals surface area contributed by atoms with Crippen LogP contribution in [0.2, 0.25) is 0 Å². The number of carboxylic acid groups (broad SMARTS) is 1. The van der Waals surface area contributed by atoms with Gasteiger partial charge in [-0.05, 0) is 25.5 Å². The topological polar surface area (TPSA) is 107 Å². The van der Waals surface area contributed by atoms with Crippen LogP contribution in [0.1, 0.15) is 12.8 Å². The van der Waals surface area contributed by atoms with E-state index in [9.17, 15) is 18.0 Å². The molecule has 0 bridgehead atoms. The second-order valence-corrected chi connectivity index (χ2v) is 5.08. The van der Waals surface area contributed by atoms with Gasteiger partial charge in [-0.15, -0.1) is 0 Å². The van der Waals surface area contributed by atoms with E-state index in [0.29, 0.717) is 0 Å². The molecule has 0 spiro atoms. The van der Waals surface area contributed by atoms with Crippen molar-refractivity contribution in [3.05, 3.63) is 24.4 Å². The Hall–Kier alpha value is -2.62. The van der Waals surface area contributed by atoms with E-state index in [1.165, 1.54) is 0 Å². The monoisotopic (exact) mass is 344 g/mol. The standard InChI is InChI=1S/C12H14N4O.C2HF3O2/c17-12(10-5-2-6-13-10)15-9-4-1-3-8-7-14-16-11(8)9;3-2(4,5)1(6)7/h1,3-4,7,10,13H,2,5-6H2,(H,14,16)(H,15,17);(H,6,7). The minimum absolute atomic E-state index is 0.0320. The normalized spacial score (nSPS) is 17.2. The molecule has 1 aromatic heterocycles. The number of hydrogen-bond acceptors (Lipinski definition) is 4. The molecule has 7 nitrogen and oxygen atoms in total. The SMILES string of the molecule is O=C(Nc1cccc2cn[nH]c12)C1CCCN1.O=C(O)C(F)(F)F. The van der Waals surface area contributed by atoms with Crippen molar-refractivity contribution in [3.63, 3.8) is 0 Å². The molecule has 1 atom stereocenters. The van der Waals surface area contributed by atoms with Crippen molar-refractivity contribution in [1.29, 1.82) is 0 Å². The number of para-hydroxylation sites is 1. The number of rotatable bonds is 2. The molecule has 0 aliphatic carbocycles. The van der Waals surface area contributed by atoms with Crippen LogP contribution in [-0.2, 0) is 9.59 Å². The molecule has 24 heavy (non-hydrogen) atoms. The van der Waals surface area contributed by atoms with Gasteiger partial charge in [-0.25, -0.2) is 4.79 Å². The van der Waals surface area contributed by atoms with Gasteiger partial charge in [-0.3, -0.25) is 9.89 Å². The maximum absolute atomic E-state index is 12.0. The summed E-state index contributed by atoms with van der Waals surface area (Å²) < 4.78 is 31.7. The summed E-state index contributed by atoms with van der Waals surface area (Å²) in [4.78, 5) is 20.9. The van der Waals surface area contributed by atoms with E-state index in [0.717, 1.165) is 36.0 Å². The molecule has 0 saturated carbocycles. The van der Waals surface area contributed by atoms with Crippen molar-refractivity contribution in [1.82, 2.24) is 15.5 Å². The first-order valence-corrected chi connectivity index (χ1v) is 7.05. The number of carbonyl (C=O) groups excluding carboxylic acids is 1. The van der Waals surface area contributed by atoms with E-state index in [1.807, 2.05) is 18.2 Å². The van der Waals surface area contributed by atoms with Crippen LogP contribution >= 0.6 is 0 Å². The van der Waals surface area contributed by atoms with Gasteiger partial charge in [-0.2, -0.15) is 18.3 Å². The van der Waals surface area contributed by atoms with Crippen molar-refractivity contribution < 1.29 is 27.9 Å². The second-order valence-electron chi connectivity index (χ2n) is 5.08. The Morgan fingerprint density at radius 1 is 1.33 bits per heavy atom. The second kappa shape index (κ2) is 7.30. The van der Waals surface area contributed by atoms with Gasteiger partial charge >= 0.3 is 12.1 Å². The number of nitrogens with one attached hydrogen (secondary N) is 3. The molecule has 2 heterocycles. The molecule has 1 fully saturated rings. The van der Waals surface area contributed by atoms with Crippen molar-refractivity contribution in [3.8, 4) is 0 Å². The van der Waals surface area contributed by atoms with E-state index < -0.39 is 12.1 Å². The summed E-state index contributed by atoms with van der Waals surface area (Å²) in [6, 6.07) is 5.69. The van der Waals surface area contributed by atoms with Crippen LogP contribution in [0.15, 0.2) is 24.4 Å². The highest BCUT2D eigenvalue weighted by Crippen LogP contribution is 2.21. The summed E-state index contributed by atoms with van der Waals surface area (Å²) in [5, 5.41) is 21.1. The smallest absolute Gasteiger partial charge is 0.475 e. The summed E-state index contributed by atoms with van der Waals surface area (Å²) in [5.74, 6) is -2.72. The highest BCUT2D eigenvalue weighted by Gasteiger charge is 2.38. The highest BCUT2D eigenvalue weighted by molar-refractivity contribution is 6.02. The van der Waals surface area contributed by atoms with Crippen molar-refractivity contribution >= 4 is 28.5 Å². The first-order chi connectivity index (χ1) is 11.3. The van der Waals surface area contributed by atoms with E-state index in [-0.39, 0.29) is 11.9 Å². The quantitative estimate of drug-likeness (QED) is 0.665. The summed E-state index contributed by atoms with van der Waals surface area (Å²) >= 11 is 0. The number of aliphatic carboxylic acids is 1. The van der Waals surface area contributed by atoms with Crippen LogP contribution in [0.5, 0.6) is 0 Å². The van der Waals surface area contributed by atoms with Crippen molar-refractivity contribution in [2.24, 2.45) is 0 Å². The van der Waals surface area contributed by atoms with Gasteiger partial charge in [-0.1, -0.05) is 12.1 Å². The molecule has 2 aromatic rings. The lowest BCUT2D eigenvalue weighted by molar-refractivity contribution is -0.192. The molecule has 0 radical (unpaired) electrons. The Bertz CT molecular complexity index is 723. The van der Waals surface area contributed by atoms with Crippen LogP contribution in [0.25, 0.3) is 10.9 Å². The van der Waals surface area contributed by atoms with Crippen LogP contribution in [0.3, 0.4) is 0 Å². The average molecular weight is 344 g/mol. The van der Waals surface area contributed by atoms with Gasteiger partial charge in [0.1, 0.15) is 0 Å². The third kappa shape index (κ3) is 4.44. The average Bonchev–Trinajstić information content (AvgIpc) is 3.19. The zero-order chi connectivity index (χ0) is 17.7. The Balaban J connectivity index is 0.000000256. The zero-order valence-corrected chi connectivity index (χ0v) is 12.4. The predicted octanol–water partition coefficient (Wildman–Crippen LogP) is 1.89. The number of amides is 1. The third-order valence-electron chi connectivity index (χ3n) is 3.35. The van der Waals surface area contributed by atoms with E-state index in [2.05, 4.69) is 20.8 Å². The van der Waals surface area contributed by atoms with Crippen molar-refractivity contribution in [2.45, 2.75) is 25.1 Å². The van der Waals surface area contributed by atoms with Gasteiger partial charge in [0.05, 0.1) is 23.4 Å². The zero-order valence-electron chi connectivity index (χ0n) is 12.4. The van der Waals surface area contributed by atoms with Gasteiger partial charge in [0.15, 0.2) is 0 Å². The lowest BCUT2D eigenvalue weighted by atomic mass is 10.2. The van der Waals surface area contributed by atoms with Gasteiger partial charge < -0.3 is 15.7 Å². The minimum atomic E-state index is -5.08. The third-order valence-corrected chi connectivity index (χ3v) is 3.35. The largest absolute Gasteiger partial charge is 0.490 e. The number of fused-ring (bicyclic) bond motifs is 1. The lowest BCUT2D eigenvalue weighted by Crippen LogP contribution is -2.35. The minimum Gasteiger partial charge on any atom is -0.475 e. The Morgan fingerprint density at radius 3 is 2.62 bits per heavy atom. The summed E-state index contributed by atoms with van der Waals surface area (Å²) in [6.07, 6.45) is -1.37. The Kier molecular flexibility index (Phi) is 5.39. The first kappa shape index (κ1) is 17.7. The van der Waals surface area contributed by atoms with Gasteiger partial charge in [0.2, 0.25) is 5.91 Å². The number of alkyl halides is 3. The number of carboxylic acids is 1.